The fourth-order valence-corrected chi connectivity index (χ4v) is 3.90. The van der Waals surface area contributed by atoms with Gasteiger partial charge in [-0.05, 0) is 48.4 Å². The second-order valence-corrected chi connectivity index (χ2v) is 9.11. The average molecular weight is 502 g/mol. The molecule has 4 aromatic rings. The van der Waals surface area contributed by atoms with Gasteiger partial charge in [-0.1, -0.05) is 0 Å². The summed E-state index contributed by atoms with van der Waals surface area (Å²) < 4.78 is 67.1. The molecule has 0 aliphatic rings. The lowest BCUT2D eigenvalue weighted by atomic mass is 10.00. The topological polar surface area (TPSA) is 123 Å². The Bertz CT molecular complexity index is 1570. The quantitative estimate of drug-likeness (QED) is 0.355. The van der Waals surface area contributed by atoms with Gasteiger partial charge in [0.25, 0.3) is 10.2 Å². The van der Waals surface area contributed by atoms with Gasteiger partial charge in [0.05, 0.1) is 0 Å². The number of aromatic nitrogens is 2. The lowest BCUT2D eigenvalue weighted by Gasteiger charge is -2.12. The number of aryl methyl sites for hydroxylation is 1. The van der Waals surface area contributed by atoms with Crippen LogP contribution in [0.5, 0.6) is 5.75 Å². The monoisotopic (exact) mass is 502 g/mol. The summed E-state index contributed by atoms with van der Waals surface area (Å²) in [7, 11) is -2.81. The van der Waals surface area contributed by atoms with Crippen molar-refractivity contribution in [1.29, 1.82) is 0 Å². The number of benzene rings is 1. The molecule has 1 aromatic carbocycles. The van der Waals surface area contributed by atoms with Crippen molar-refractivity contribution in [2.75, 3.05) is 11.8 Å². The van der Waals surface area contributed by atoms with E-state index in [1.165, 1.54) is 43.7 Å². The van der Waals surface area contributed by atoms with Gasteiger partial charge in [0.15, 0.2) is 11.6 Å². The molecule has 12 heteroatoms. The Morgan fingerprint density at radius 2 is 1.91 bits per heavy atom. The zero-order valence-corrected chi connectivity index (χ0v) is 19.4. The van der Waals surface area contributed by atoms with Crippen molar-refractivity contribution in [2.24, 2.45) is 0 Å². The Balaban J connectivity index is 1.62. The largest absolute Gasteiger partial charge is 0.487 e. The van der Waals surface area contributed by atoms with Crippen LogP contribution in [0.15, 0.2) is 58.0 Å². The zero-order valence-electron chi connectivity index (χ0n) is 18.6. The molecule has 0 atom stereocenters. The van der Waals surface area contributed by atoms with Crippen molar-refractivity contribution in [3.8, 4) is 5.75 Å². The van der Waals surface area contributed by atoms with Crippen LogP contribution < -0.4 is 19.8 Å². The Labute approximate surface area is 199 Å². The summed E-state index contributed by atoms with van der Waals surface area (Å²) in [4.78, 5) is 20.4. The third kappa shape index (κ3) is 5.28. The summed E-state index contributed by atoms with van der Waals surface area (Å²) in [6, 6.07) is 8.92. The van der Waals surface area contributed by atoms with E-state index in [1.54, 1.807) is 19.1 Å². The van der Waals surface area contributed by atoms with Gasteiger partial charge in [0.1, 0.15) is 29.5 Å². The molecule has 0 spiro atoms. The lowest BCUT2D eigenvalue weighted by molar-refractivity contribution is 0.294. The number of rotatable bonds is 8. The number of pyridine rings is 2. The third-order valence-electron chi connectivity index (χ3n) is 5.31. The van der Waals surface area contributed by atoms with Crippen molar-refractivity contribution >= 4 is 27.0 Å². The van der Waals surface area contributed by atoms with Gasteiger partial charge in [-0.2, -0.15) is 8.42 Å². The van der Waals surface area contributed by atoms with Crippen LogP contribution in [0, 0.1) is 18.6 Å². The molecule has 0 bridgehead atoms. The van der Waals surface area contributed by atoms with Crippen molar-refractivity contribution in [1.82, 2.24) is 14.7 Å². The van der Waals surface area contributed by atoms with Gasteiger partial charge in [0.2, 0.25) is 0 Å². The van der Waals surface area contributed by atoms with Gasteiger partial charge in [-0.15, -0.1) is 0 Å². The number of nitrogens with one attached hydrogen (secondary N) is 2. The number of fused-ring (bicyclic) bond motifs is 1. The molecule has 3 aromatic heterocycles. The maximum Gasteiger partial charge on any atom is 0.340 e. The molecule has 0 amide bonds. The molecular weight excluding hydrogens is 482 g/mol. The van der Waals surface area contributed by atoms with E-state index in [9.17, 15) is 22.0 Å². The molecule has 0 aliphatic heterocycles. The molecule has 0 radical (unpaired) electrons. The number of halogens is 2. The summed E-state index contributed by atoms with van der Waals surface area (Å²) in [5.74, 6) is -1.55. The fraction of sp³-hybridized carbons (Fsp3) is 0.174. The lowest BCUT2D eigenvalue weighted by Crippen LogP contribution is -2.27. The smallest absolute Gasteiger partial charge is 0.340 e. The van der Waals surface area contributed by atoms with Crippen LogP contribution >= 0.6 is 0 Å². The maximum atomic E-state index is 14.9. The van der Waals surface area contributed by atoms with Gasteiger partial charge in [-0.3, -0.25) is 9.71 Å². The SMILES string of the molecule is CNS(=O)(=O)Nc1nccc(Cc2c(C)c3ccc(OCc4ncccc4F)cc3oc2=O)c1F. The second-order valence-electron chi connectivity index (χ2n) is 7.49. The van der Waals surface area contributed by atoms with Gasteiger partial charge in [0, 0.05) is 42.9 Å². The van der Waals surface area contributed by atoms with Gasteiger partial charge < -0.3 is 9.15 Å². The van der Waals surface area contributed by atoms with E-state index in [4.69, 9.17) is 9.15 Å². The van der Waals surface area contributed by atoms with E-state index in [2.05, 4.69) is 9.97 Å². The molecule has 0 saturated heterocycles. The summed E-state index contributed by atoms with van der Waals surface area (Å²) >= 11 is 0. The molecule has 2 N–H and O–H groups in total. The summed E-state index contributed by atoms with van der Waals surface area (Å²) in [6.45, 7) is 1.59. The van der Waals surface area contributed by atoms with Crippen LogP contribution in [-0.2, 0) is 23.2 Å². The standard InChI is InChI=1S/C23H20F2N4O5S/c1-13-16-6-5-15(33-12-19-18(24)4-3-8-27-19)11-20(16)34-23(30)17(13)10-14-7-9-28-22(21(14)25)29-35(31,32)26-2/h3-9,11,26H,10,12H2,1-2H3,(H,28,29). The molecule has 4 rings (SSSR count). The predicted octanol–water partition coefficient (Wildman–Crippen LogP) is 3.22. The van der Waals surface area contributed by atoms with Gasteiger partial charge >= 0.3 is 5.63 Å². The molecular formula is C23H20F2N4O5S. The molecule has 9 nitrogen and oxygen atoms in total. The molecule has 3 heterocycles. The Morgan fingerprint density at radius 3 is 2.66 bits per heavy atom. The van der Waals surface area contributed by atoms with Crippen LogP contribution in [0.2, 0.25) is 0 Å². The molecule has 0 unspecified atom stereocenters. The highest BCUT2D eigenvalue weighted by Gasteiger charge is 2.19. The van der Waals surface area contributed by atoms with Crippen molar-refractivity contribution in [3.05, 3.63) is 93.2 Å². The predicted molar refractivity (Wildman–Crippen MR) is 124 cm³/mol. The summed E-state index contributed by atoms with van der Waals surface area (Å²) in [5, 5.41) is 0.599. The Hall–Kier alpha value is -3.90. The van der Waals surface area contributed by atoms with E-state index in [0.717, 1.165) is 0 Å². The highest BCUT2D eigenvalue weighted by atomic mass is 32.2. The highest BCUT2D eigenvalue weighted by molar-refractivity contribution is 7.90. The van der Waals surface area contributed by atoms with E-state index >= 15 is 0 Å². The first kappa shape index (κ1) is 24.2. The fourth-order valence-electron chi connectivity index (χ4n) is 3.40. The molecule has 0 saturated carbocycles. The molecule has 35 heavy (non-hydrogen) atoms. The van der Waals surface area contributed by atoms with E-state index < -0.39 is 33.3 Å². The van der Waals surface area contributed by atoms with Gasteiger partial charge in [-0.25, -0.2) is 23.3 Å². The zero-order chi connectivity index (χ0) is 25.2. The highest BCUT2D eigenvalue weighted by Crippen LogP contribution is 2.27. The Kier molecular flexibility index (Phi) is 6.76. The van der Waals surface area contributed by atoms with E-state index in [0.29, 0.717) is 16.7 Å². The summed E-state index contributed by atoms with van der Waals surface area (Å²) in [6.07, 6.45) is 2.54. The van der Waals surface area contributed by atoms with Crippen LogP contribution in [0.3, 0.4) is 0 Å². The van der Waals surface area contributed by atoms with E-state index in [-0.39, 0.29) is 35.4 Å². The summed E-state index contributed by atoms with van der Waals surface area (Å²) in [5.41, 5.74) is 0.517. The third-order valence-corrected chi connectivity index (χ3v) is 6.30. The first-order chi connectivity index (χ1) is 16.7. The first-order valence-electron chi connectivity index (χ1n) is 10.3. The number of ether oxygens (including phenoxy) is 1. The molecule has 0 fully saturated rings. The maximum absolute atomic E-state index is 14.9. The molecule has 182 valence electrons. The minimum atomic E-state index is -3.98. The van der Waals surface area contributed by atoms with E-state index in [1.807, 2.05) is 9.44 Å². The number of nitrogens with zero attached hydrogens (tertiary/aromatic N) is 2. The van der Waals surface area contributed by atoms with Crippen LogP contribution in [0.1, 0.15) is 22.4 Å². The van der Waals surface area contributed by atoms with Crippen molar-refractivity contribution < 1.29 is 26.4 Å². The number of anilines is 1. The first-order valence-corrected chi connectivity index (χ1v) is 11.8. The number of hydrogen-bond acceptors (Lipinski definition) is 7. The minimum Gasteiger partial charge on any atom is -0.487 e. The Morgan fingerprint density at radius 1 is 1.11 bits per heavy atom. The average Bonchev–Trinajstić information content (AvgIpc) is 2.83. The van der Waals surface area contributed by atoms with Crippen LogP contribution in [0.4, 0.5) is 14.6 Å². The van der Waals surface area contributed by atoms with Crippen LogP contribution in [0.25, 0.3) is 11.0 Å². The van der Waals surface area contributed by atoms with Crippen LogP contribution in [-0.4, -0.2) is 25.4 Å². The van der Waals surface area contributed by atoms with Crippen molar-refractivity contribution in [3.63, 3.8) is 0 Å². The van der Waals surface area contributed by atoms with Crippen molar-refractivity contribution in [2.45, 2.75) is 20.0 Å². The number of hydrogen-bond donors (Lipinski definition) is 2. The second kappa shape index (κ2) is 9.76. The minimum absolute atomic E-state index is 0.0564. The molecule has 0 aliphatic carbocycles. The normalized spacial score (nSPS) is 11.5.